The molecule has 1 aromatic carbocycles. The van der Waals surface area contributed by atoms with Crippen LogP contribution in [0, 0.1) is 6.92 Å². The van der Waals surface area contributed by atoms with Crippen LogP contribution in [0.2, 0.25) is 0 Å². The molecular formula is C11H14N6. The molecule has 6 heteroatoms. The van der Waals surface area contributed by atoms with Gasteiger partial charge in [0.15, 0.2) is 5.96 Å². The van der Waals surface area contributed by atoms with Gasteiger partial charge in [0.2, 0.25) is 0 Å². The minimum Gasteiger partial charge on any atom is -0.370 e. The van der Waals surface area contributed by atoms with Crippen molar-refractivity contribution in [2.24, 2.45) is 15.8 Å². The van der Waals surface area contributed by atoms with Gasteiger partial charge in [-0.05, 0) is 24.6 Å². The molecule has 6 nitrogen and oxygen atoms in total. The van der Waals surface area contributed by atoms with Gasteiger partial charge in [-0.3, -0.25) is 4.99 Å². The summed E-state index contributed by atoms with van der Waals surface area (Å²) < 4.78 is 0. The van der Waals surface area contributed by atoms with Gasteiger partial charge in [-0.2, -0.15) is 0 Å². The normalized spacial score (nSPS) is 18.8. The summed E-state index contributed by atoms with van der Waals surface area (Å²) in [4.78, 5) is 8.87. The zero-order valence-electron chi connectivity index (χ0n) is 9.61. The zero-order valence-corrected chi connectivity index (χ0v) is 9.61. The number of hydrogen-bond donors (Lipinski definition) is 1. The summed E-state index contributed by atoms with van der Waals surface area (Å²) in [6.45, 7) is 2.97. The maximum absolute atomic E-state index is 8.36. The second-order valence-electron chi connectivity index (χ2n) is 3.97. The lowest BCUT2D eigenvalue weighted by Crippen LogP contribution is -2.42. The van der Waals surface area contributed by atoms with Crippen LogP contribution in [0.25, 0.3) is 10.4 Å². The van der Waals surface area contributed by atoms with Crippen LogP contribution in [0.1, 0.15) is 5.56 Å². The molecule has 0 radical (unpaired) electrons. The molecule has 1 aromatic rings. The molecule has 0 aromatic heterocycles. The fraction of sp³-hybridized carbons (Fsp3) is 0.364. The van der Waals surface area contributed by atoms with E-state index in [0.29, 0.717) is 19.0 Å². The van der Waals surface area contributed by atoms with Gasteiger partial charge < -0.3 is 10.6 Å². The molecule has 2 rings (SSSR count). The predicted molar refractivity (Wildman–Crippen MR) is 67.9 cm³/mol. The molecule has 0 fully saturated rings. The van der Waals surface area contributed by atoms with Crippen LogP contribution >= 0.6 is 0 Å². The lowest BCUT2D eigenvalue weighted by atomic mass is 10.2. The molecule has 1 unspecified atom stereocenters. The average Bonchev–Trinajstić information content (AvgIpc) is 2.69. The van der Waals surface area contributed by atoms with Crippen molar-refractivity contribution >= 4 is 11.6 Å². The molecular weight excluding hydrogens is 216 g/mol. The molecule has 0 saturated carbocycles. The maximum Gasteiger partial charge on any atom is 0.196 e. The first-order valence-electron chi connectivity index (χ1n) is 5.39. The number of rotatable bonds is 3. The third-order valence-corrected chi connectivity index (χ3v) is 2.74. The Hall–Kier alpha value is -2.20. The number of hydrogen-bond acceptors (Lipinski definition) is 4. The summed E-state index contributed by atoms with van der Waals surface area (Å²) in [5.74, 6) is 0.479. The Kier molecular flexibility index (Phi) is 3.16. The Labute approximate surface area is 99.4 Å². The smallest absolute Gasteiger partial charge is 0.196 e. The largest absolute Gasteiger partial charge is 0.370 e. The van der Waals surface area contributed by atoms with Crippen LogP contribution in [0.5, 0.6) is 0 Å². The molecule has 0 bridgehead atoms. The standard InChI is InChI=1S/C11H14N6/c1-8-2-4-9(5-3-8)17-10(7-15-16-13)6-14-11(17)12/h2-5,10H,6-7H2,1H3,(H2,12,14). The van der Waals surface area contributed by atoms with Crippen LogP contribution in [0.15, 0.2) is 34.4 Å². The van der Waals surface area contributed by atoms with E-state index in [9.17, 15) is 0 Å². The van der Waals surface area contributed by atoms with Crippen LogP contribution in [0.3, 0.4) is 0 Å². The number of nitrogens with two attached hydrogens (primary N) is 1. The van der Waals surface area contributed by atoms with E-state index in [-0.39, 0.29) is 6.04 Å². The molecule has 0 aliphatic carbocycles. The van der Waals surface area contributed by atoms with E-state index < -0.39 is 0 Å². The highest BCUT2D eigenvalue weighted by atomic mass is 15.3. The second kappa shape index (κ2) is 4.76. The third kappa shape index (κ3) is 2.32. The fourth-order valence-corrected chi connectivity index (χ4v) is 1.86. The van der Waals surface area contributed by atoms with Crippen molar-refractivity contribution < 1.29 is 0 Å². The Morgan fingerprint density at radius 1 is 1.53 bits per heavy atom. The van der Waals surface area contributed by atoms with Gasteiger partial charge in [-0.1, -0.05) is 22.8 Å². The van der Waals surface area contributed by atoms with Gasteiger partial charge >= 0.3 is 0 Å². The van der Waals surface area contributed by atoms with E-state index in [1.165, 1.54) is 5.56 Å². The highest BCUT2D eigenvalue weighted by molar-refractivity contribution is 5.97. The van der Waals surface area contributed by atoms with E-state index in [1.807, 2.05) is 36.1 Å². The van der Waals surface area contributed by atoms with Gasteiger partial charge in [0.1, 0.15) is 0 Å². The lowest BCUT2D eigenvalue weighted by Gasteiger charge is -2.25. The average molecular weight is 230 g/mol. The van der Waals surface area contributed by atoms with E-state index in [2.05, 4.69) is 15.0 Å². The quantitative estimate of drug-likeness (QED) is 0.487. The number of azide groups is 1. The summed E-state index contributed by atoms with van der Waals surface area (Å²) in [5.41, 5.74) is 16.4. The molecule has 0 saturated heterocycles. The summed E-state index contributed by atoms with van der Waals surface area (Å²) in [6, 6.07) is 8.05. The molecule has 2 N–H and O–H groups in total. The molecule has 88 valence electrons. The first-order valence-corrected chi connectivity index (χ1v) is 5.39. The number of benzene rings is 1. The monoisotopic (exact) mass is 230 g/mol. The Balaban J connectivity index is 2.23. The fourth-order valence-electron chi connectivity index (χ4n) is 1.86. The third-order valence-electron chi connectivity index (χ3n) is 2.74. The van der Waals surface area contributed by atoms with Gasteiger partial charge in [-0.25, -0.2) is 0 Å². The van der Waals surface area contributed by atoms with Crippen molar-refractivity contribution in [1.82, 2.24) is 0 Å². The minimum atomic E-state index is 0.0219. The van der Waals surface area contributed by atoms with Crippen molar-refractivity contribution in [3.63, 3.8) is 0 Å². The van der Waals surface area contributed by atoms with Gasteiger partial charge in [0, 0.05) is 17.1 Å². The number of anilines is 1. The second-order valence-corrected chi connectivity index (χ2v) is 3.97. The summed E-state index contributed by atoms with van der Waals surface area (Å²) in [5, 5.41) is 3.59. The van der Waals surface area contributed by atoms with Crippen LogP contribution in [0.4, 0.5) is 5.69 Å². The van der Waals surface area contributed by atoms with E-state index in [4.69, 9.17) is 11.3 Å². The summed E-state index contributed by atoms with van der Waals surface area (Å²) in [7, 11) is 0. The van der Waals surface area contributed by atoms with Crippen molar-refractivity contribution in [3.8, 4) is 0 Å². The van der Waals surface area contributed by atoms with Crippen LogP contribution in [-0.4, -0.2) is 25.1 Å². The SMILES string of the molecule is Cc1ccc(N2C(N)=NCC2CN=[N+]=[N-])cc1. The van der Waals surface area contributed by atoms with Crippen molar-refractivity contribution in [1.29, 1.82) is 0 Å². The number of aliphatic imine (C=N–C) groups is 1. The Bertz CT molecular complexity index is 471. The highest BCUT2D eigenvalue weighted by Gasteiger charge is 2.26. The van der Waals surface area contributed by atoms with Crippen LogP contribution < -0.4 is 10.6 Å². The topological polar surface area (TPSA) is 90.4 Å². The van der Waals surface area contributed by atoms with E-state index >= 15 is 0 Å². The molecule has 1 aliphatic heterocycles. The first-order chi connectivity index (χ1) is 8.22. The Morgan fingerprint density at radius 2 is 2.24 bits per heavy atom. The zero-order chi connectivity index (χ0) is 12.3. The Morgan fingerprint density at radius 3 is 2.88 bits per heavy atom. The van der Waals surface area contributed by atoms with Gasteiger partial charge in [0.25, 0.3) is 0 Å². The number of aryl methyl sites for hydroxylation is 1. The minimum absolute atomic E-state index is 0.0219. The van der Waals surface area contributed by atoms with E-state index in [1.54, 1.807) is 0 Å². The highest BCUT2D eigenvalue weighted by Crippen LogP contribution is 2.21. The van der Waals surface area contributed by atoms with Gasteiger partial charge in [-0.15, -0.1) is 0 Å². The van der Waals surface area contributed by atoms with Crippen molar-refractivity contribution in [2.75, 3.05) is 18.0 Å². The molecule has 0 amide bonds. The van der Waals surface area contributed by atoms with Crippen molar-refractivity contribution in [2.45, 2.75) is 13.0 Å². The maximum atomic E-state index is 8.36. The predicted octanol–water partition coefficient (Wildman–Crippen LogP) is 1.81. The lowest BCUT2D eigenvalue weighted by molar-refractivity contribution is 0.715. The summed E-state index contributed by atoms with van der Waals surface area (Å²) >= 11 is 0. The summed E-state index contributed by atoms with van der Waals surface area (Å²) in [6.07, 6.45) is 0. The van der Waals surface area contributed by atoms with Crippen molar-refractivity contribution in [3.05, 3.63) is 40.3 Å². The van der Waals surface area contributed by atoms with Gasteiger partial charge in [0.05, 0.1) is 12.6 Å². The van der Waals surface area contributed by atoms with E-state index in [0.717, 1.165) is 5.69 Å². The number of nitrogens with zero attached hydrogens (tertiary/aromatic N) is 5. The van der Waals surface area contributed by atoms with Crippen LogP contribution in [-0.2, 0) is 0 Å². The molecule has 17 heavy (non-hydrogen) atoms. The first kappa shape index (κ1) is 11.3. The molecule has 1 atom stereocenters. The molecule has 1 aliphatic rings. The number of guanidine groups is 1. The molecule has 0 spiro atoms. The molecule has 1 heterocycles.